The first-order valence-electron chi connectivity index (χ1n) is 6.92. The molecule has 1 aliphatic heterocycles. The van der Waals surface area contributed by atoms with Gasteiger partial charge in [0.1, 0.15) is 12.0 Å². The maximum absolute atomic E-state index is 11.4. The Bertz CT molecular complexity index is 634. The number of tetrazole rings is 1. The van der Waals surface area contributed by atoms with E-state index < -0.39 is 0 Å². The van der Waals surface area contributed by atoms with Crippen LogP contribution in [0.4, 0.5) is 11.4 Å². The summed E-state index contributed by atoms with van der Waals surface area (Å²) in [6, 6.07) is 5.10. The van der Waals surface area contributed by atoms with E-state index in [9.17, 15) is 10.1 Å². The van der Waals surface area contributed by atoms with Gasteiger partial charge in [-0.25, -0.2) is 4.68 Å². The van der Waals surface area contributed by atoms with Crippen LogP contribution >= 0.6 is 0 Å². The lowest BCUT2D eigenvalue weighted by Gasteiger charge is -2.31. The minimum Gasteiger partial charge on any atom is -0.366 e. The highest BCUT2D eigenvalue weighted by atomic mass is 16.6. The van der Waals surface area contributed by atoms with Gasteiger partial charge in [0, 0.05) is 19.2 Å². The van der Waals surface area contributed by atoms with Crippen LogP contribution < -0.4 is 4.90 Å². The Morgan fingerprint density at radius 1 is 1.33 bits per heavy atom. The van der Waals surface area contributed by atoms with Crippen LogP contribution in [0.1, 0.15) is 19.8 Å². The summed E-state index contributed by atoms with van der Waals surface area (Å²) in [5.74, 6) is 0.681. The van der Waals surface area contributed by atoms with Crippen molar-refractivity contribution in [2.45, 2.75) is 19.8 Å². The quantitative estimate of drug-likeness (QED) is 0.632. The van der Waals surface area contributed by atoms with Gasteiger partial charge in [-0.05, 0) is 41.3 Å². The largest absolute Gasteiger partial charge is 0.366 e. The molecule has 0 radical (unpaired) electrons. The second-order valence-electron chi connectivity index (χ2n) is 5.35. The molecule has 0 bridgehead atoms. The SMILES string of the molecule is CC1CCN(c2ccc(-n3cnnn3)cc2[N+](=O)[O-])CC1. The topological polar surface area (TPSA) is 90.0 Å². The van der Waals surface area contributed by atoms with E-state index in [1.807, 2.05) is 0 Å². The average molecular weight is 288 g/mol. The Balaban J connectivity index is 1.95. The molecule has 1 aromatic heterocycles. The Hall–Kier alpha value is -2.51. The first kappa shape index (κ1) is 13.5. The van der Waals surface area contributed by atoms with E-state index in [0.717, 1.165) is 25.9 Å². The average Bonchev–Trinajstić information content (AvgIpc) is 3.02. The van der Waals surface area contributed by atoms with Crippen LogP contribution in [-0.4, -0.2) is 38.2 Å². The molecule has 1 fully saturated rings. The van der Waals surface area contributed by atoms with Crippen LogP contribution in [0.5, 0.6) is 0 Å². The Morgan fingerprint density at radius 2 is 2.10 bits per heavy atom. The molecule has 0 amide bonds. The molecule has 0 atom stereocenters. The van der Waals surface area contributed by atoms with Crippen LogP contribution in [0.2, 0.25) is 0 Å². The lowest BCUT2D eigenvalue weighted by atomic mass is 9.98. The van der Waals surface area contributed by atoms with Crippen LogP contribution in [0.15, 0.2) is 24.5 Å². The maximum atomic E-state index is 11.4. The van der Waals surface area contributed by atoms with E-state index in [-0.39, 0.29) is 10.6 Å². The highest BCUT2D eigenvalue weighted by molar-refractivity contribution is 5.66. The summed E-state index contributed by atoms with van der Waals surface area (Å²) in [6.45, 7) is 3.92. The fourth-order valence-corrected chi connectivity index (χ4v) is 2.60. The monoisotopic (exact) mass is 288 g/mol. The van der Waals surface area contributed by atoms with Crippen molar-refractivity contribution in [2.24, 2.45) is 5.92 Å². The van der Waals surface area contributed by atoms with E-state index >= 15 is 0 Å². The number of benzene rings is 1. The molecule has 0 N–H and O–H groups in total. The van der Waals surface area contributed by atoms with Crippen molar-refractivity contribution in [3.8, 4) is 5.69 Å². The predicted octanol–water partition coefficient (Wildman–Crippen LogP) is 1.81. The fourth-order valence-electron chi connectivity index (χ4n) is 2.60. The summed E-state index contributed by atoms with van der Waals surface area (Å²) in [6.07, 6.45) is 3.54. The Kier molecular flexibility index (Phi) is 3.51. The summed E-state index contributed by atoms with van der Waals surface area (Å²) < 4.78 is 1.41. The minimum absolute atomic E-state index is 0.0950. The smallest absolute Gasteiger partial charge is 0.294 e. The van der Waals surface area contributed by atoms with E-state index in [2.05, 4.69) is 27.3 Å². The number of aromatic nitrogens is 4. The van der Waals surface area contributed by atoms with Crippen molar-refractivity contribution in [1.82, 2.24) is 20.2 Å². The van der Waals surface area contributed by atoms with Crippen molar-refractivity contribution in [3.05, 3.63) is 34.6 Å². The standard InChI is InChI=1S/C13H16N6O2/c1-10-4-6-17(7-5-10)12-3-2-11(8-13(12)19(20)21)18-9-14-15-16-18/h2-3,8-10H,4-7H2,1H3. The molecule has 0 aliphatic carbocycles. The third-order valence-electron chi connectivity index (χ3n) is 3.89. The molecule has 1 aliphatic rings. The zero-order valence-corrected chi connectivity index (χ0v) is 11.7. The van der Waals surface area contributed by atoms with Crippen LogP contribution in [0, 0.1) is 16.0 Å². The number of rotatable bonds is 3. The second kappa shape index (κ2) is 5.47. The van der Waals surface area contributed by atoms with Gasteiger partial charge >= 0.3 is 0 Å². The van der Waals surface area contributed by atoms with Gasteiger partial charge in [0.05, 0.1) is 10.6 Å². The van der Waals surface area contributed by atoms with Gasteiger partial charge in [0.25, 0.3) is 5.69 Å². The van der Waals surface area contributed by atoms with Crippen molar-refractivity contribution >= 4 is 11.4 Å². The van der Waals surface area contributed by atoms with Crippen molar-refractivity contribution < 1.29 is 4.92 Å². The van der Waals surface area contributed by atoms with E-state index in [1.54, 1.807) is 12.1 Å². The van der Waals surface area contributed by atoms with Gasteiger partial charge in [-0.15, -0.1) is 5.10 Å². The Labute approximate surface area is 121 Å². The molecule has 21 heavy (non-hydrogen) atoms. The summed E-state index contributed by atoms with van der Waals surface area (Å²) >= 11 is 0. The maximum Gasteiger partial charge on any atom is 0.294 e. The number of piperidine rings is 1. The third kappa shape index (κ3) is 2.69. The number of hydrogen-bond donors (Lipinski definition) is 0. The number of anilines is 1. The molecule has 3 rings (SSSR count). The molecule has 0 saturated carbocycles. The molecule has 2 heterocycles. The molecule has 8 heteroatoms. The van der Waals surface area contributed by atoms with E-state index in [4.69, 9.17) is 0 Å². The molecular formula is C13H16N6O2. The number of nitro benzene ring substituents is 1. The molecule has 1 aromatic carbocycles. The molecule has 1 saturated heterocycles. The number of nitro groups is 1. The Morgan fingerprint density at radius 3 is 2.71 bits per heavy atom. The van der Waals surface area contributed by atoms with Gasteiger partial charge in [-0.3, -0.25) is 10.1 Å². The molecule has 0 unspecified atom stereocenters. The summed E-state index contributed by atoms with van der Waals surface area (Å²) in [5.41, 5.74) is 1.35. The molecular weight excluding hydrogens is 272 g/mol. The van der Waals surface area contributed by atoms with Crippen LogP contribution in [0.25, 0.3) is 5.69 Å². The van der Waals surface area contributed by atoms with Gasteiger partial charge in [-0.2, -0.15) is 0 Å². The van der Waals surface area contributed by atoms with Crippen molar-refractivity contribution in [3.63, 3.8) is 0 Å². The first-order valence-corrected chi connectivity index (χ1v) is 6.92. The third-order valence-corrected chi connectivity index (χ3v) is 3.89. The zero-order chi connectivity index (χ0) is 14.8. The van der Waals surface area contributed by atoms with Gasteiger partial charge in [0.15, 0.2) is 0 Å². The summed E-state index contributed by atoms with van der Waals surface area (Å²) in [7, 11) is 0. The van der Waals surface area contributed by atoms with Crippen LogP contribution in [0.3, 0.4) is 0 Å². The zero-order valence-electron chi connectivity index (χ0n) is 11.7. The van der Waals surface area contributed by atoms with Crippen molar-refractivity contribution in [2.75, 3.05) is 18.0 Å². The molecule has 110 valence electrons. The van der Waals surface area contributed by atoms with Crippen molar-refractivity contribution in [1.29, 1.82) is 0 Å². The van der Waals surface area contributed by atoms with E-state index in [0.29, 0.717) is 17.3 Å². The lowest BCUT2D eigenvalue weighted by molar-refractivity contribution is -0.384. The summed E-state index contributed by atoms with van der Waals surface area (Å²) in [5, 5.41) is 22.2. The highest BCUT2D eigenvalue weighted by Gasteiger charge is 2.24. The van der Waals surface area contributed by atoms with E-state index in [1.165, 1.54) is 17.1 Å². The van der Waals surface area contributed by atoms with Gasteiger partial charge in [0.2, 0.25) is 0 Å². The fraction of sp³-hybridized carbons (Fsp3) is 0.462. The first-order chi connectivity index (χ1) is 10.1. The van der Waals surface area contributed by atoms with Gasteiger partial charge < -0.3 is 4.90 Å². The highest BCUT2D eigenvalue weighted by Crippen LogP contribution is 2.32. The minimum atomic E-state index is -0.346. The summed E-state index contributed by atoms with van der Waals surface area (Å²) in [4.78, 5) is 13.1. The molecule has 2 aromatic rings. The second-order valence-corrected chi connectivity index (χ2v) is 5.35. The molecule has 0 spiro atoms. The molecule has 8 nitrogen and oxygen atoms in total. The van der Waals surface area contributed by atoms with Gasteiger partial charge in [-0.1, -0.05) is 6.92 Å². The normalized spacial score (nSPS) is 16.1. The number of hydrogen-bond acceptors (Lipinski definition) is 6. The van der Waals surface area contributed by atoms with Crippen LogP contribution in [-0.2, 0) is 0 Å². The predicted molar refractivity (Wildman–Crippen MR) is 76.4 cm³/mol. The lowest BCUT2D eigenvalue weighted by Crippen LogP contribution is -2.33. The number of nitrogens with zero attached hydrogens (tertiary/aromatic N) is 6.